The van der Waals surface area contributed by atoms with Crippen LogP contribution in [0.1, 0.15) is 0 Å². The molecule has 0 aliphatic rings. The van der Waals surface area contributed by atoms with Gasteiger partial charge in [-0.25, -0.2) is 0 Å². The number of fused-ring (bicyclic) bond motifs is 1. The molecule has 0 spiro atoms. The highest BCUT2D eigenvalue weighted by Crippen LogP contribution is 2.07. The van der Waals surface area contributed by atoms with Crippen LogP contribution in [-0.4, -0.2) is 15.0 Å². The fourth-order valence-electron chi connectivity index (χ4n) is 1.01. The maximum atomic E-state index is 11.3. The minimum atomic E-state index is -0.267. The molecule has 66 valence electrons. The maximum Gasteiger partial charge on any atom is 0.309 e. The van der Waals surface area contributed by atoms with Crippen molar-refractivity contribution in [1.29, 1.82) is 0 Å². The van der Waals surface area contributed by atoms with Crippen molar-refractivity contribution in [3.63, 3.8) is 0 Å². The number of aromatic nitrogens is 3. The summed E-state index contributed by atoms with van der Waals surface area (Å²) in [4.78, 5) is 21.5. The minimum Gasteiger partial charge on any atom is -0.394 e. The summed E-state index contributed by atoms with van der Waals surface area (Å²) in [5, 5.41) is 0.476. The van der Waals surface area contributed by atoms with E-state index in [-0.39, 0.29) is 11.6 Å². The number of hydrogen-bond donors (Lipinski definition) is 2. The molecule has 0 aliphatic carbocycles. The molecule has 13 heavy (non-hydrogen) atoms. The molecule has 0 amide bonds. The van der Waals surface area contributed by atoms with Crippen molar-refractivity contribution in [2.45, 2.75) is 0 Å². The Morgan fingerprint density at radius 1 is 1.54 bits per heavy atom. The van der Waals surface area contributed by atoms with Crippen molar-refractivity contribution in [3.8, 4) is 6.01 Å². The quantitative estimate of drug-likeness (QED) is 0.515. The first-order chi connectivity index (χ1) is 6.31. The molecule has 2 aromatic heterocycles. The molecule has 0 unspecified atom stereocenters. The molecule has 0 saturated carbocycles. The van der Waals surface area contributed by atoms with Gasteiger partial charge < -0.3 is 4.18 Å². The summed E-state index contributed by atoms with van der Waals surface area (Å²) in [5.41, 5.74) is 0.215. The third kappa shape index (κ3) is 1.35. The number of nitrogens with zero attached hydrogens (tertiary/aromatic N) is 2. The number of pyridine rings is 1. The lowest BCUT2D eigenvalue weighted by Gasteiger charge is -1.97. The monoisotopic (exact) mass is 195 g/mol. The number of thiol groups is 1. The first-order valence-electron chi connectivity index (χ1n) is 3.47. The van der Waals surface area contributed by atoms with E-state index >= 15 is 0 Å². The van der Waals surface area contributed by atoms with E-state index in [1.54, 1.807) is 6.07 Å². The van der Waals surface area contributed by atoms with Gasteiger partial charge in [0.1, 0.15) is 0 Å². The van der Waals surface area contributed by atoms with Crippen LogP contribution in [-0.2, 0) is 0 Å². The summed E-state index contributed by atoms with van der Waals surface area (Å²) in [6.07, 6.45) is 3.02. The van der Waals surface area contributed by atoms with Crippen molar-refractivity contribution in [3.05, 3.63) is 28.8 Å². The van der Waals surface area contributed by atoms with Crippen LogP contribution in [0.25, 0.3) is 10.9 Å². The summed E-state index contributed by atoms with van der Waals surface area (Å²) < 4.78 is 4.50. The Morgan fingerprint density at radius 3 is 3.15 bits per heavy atom. The van der Waals surface area contributed by atoms with Crippen LogP contribution in [0.3, 0.4) is 0 Å². The van der Waals surface area contributed by atoms with E-state index in [2.05, 4.69) is 32.0 Å². The fraction of sp³-hybridized carbons (Fsp3) is 0. The van der Waals surface area contributed by atoms with Gasteiger partial charge in [0, 0.05) is 19.1 Å². The fourth-order valence-corrected chi connectivity index (χ4v) is 1.10. The van der Waals surface area contributed by atoms with Crippen LogP contribution in [0.2, 0.25) is 0 Å². The molecule has 0 radical (unpaired) electrons. The van der Waals surface area contributed by atoms with E-state index in [1.807, 2.05) is 0 Å². The Labute approximate surface area is 78.4 Å². The SMILES string of the molecule is O=c1[nH]c(OS)nc2cnccc12. The Hall–Kier alpha value is -1.56. The molecule has 5 nitrogen and oxygen atoms in total. The zero-order valence-corrected chi connectivity index (χ0v) is 7.28. The minimum absolute atomic E-state index is 0.0637. The van der Waals surface area contributed by atoms with E-state index < -0.39 is 0 Å². The number of nitrogens with one attached hydrogen (secondary N) is 1. The molecule has 2 heterocycles. The lowest BCUT2D eigenvalue weighted by molar-refractivity contribution is 0.596. The highest BCUT2D eigenvalue weighted by Gasteiger charge is 2.02. The van der Waals surface area contributed by atoms with Crippen molar-refractivity contribution >= 4 is 23.8 Å². The summed E-state index contributed by atoms with van der Waals surface area (Å²) in [6.45, 7) is 0. The zero-order chi connectivity index (χ0) is 9.26. The van der Waals surface area contributed by atoms with Gasteiger partial charge in [-0.1, -0.05) is 0 Å². The molecular weight excluding hydrogens is 190 g/mol. The second-order valence-corrected chi connectivity index (χ2v) is 2.54. The topological polar surface area (TPSA) is 67.9 Å². The molecule has 0 atom stereocenters. The molecule has 0 saturated heterocycles. The number of aromatic amines is 1. The maximum absolute atomic E-state index is 11.3. The number of hydrogen-bond acceptors (Lipinski definition) is 5. The Kier molecular flexibility index (Phi) is 1.90. The highest BCUT2D eigenvalue weighted by atomic mass is 32.1. The van der Waals surface area contributed by atoms with E-state index in [0.717, 1.165) is 0 Å². The summed E-state index contributed by atoms with van der Waals surface area (Å²) >= 11 is 3.53. The molecule has 0 aromatic carbocycles. The average molecular weight is 195 g/mol. The predicted molar refractivity (Wildman–Crippen MR) is 49.8 cm³/mol. The molecule has 0 bridgehead atoms. The standard InChI is InChI=1S/C7H5N3O2S/c11-6-4-1-2-8-3-5(4)9-7(10-6)12-13/h1-3,13H,(H,9,10,11). The lowest BCUT2D eigenvalue weighted by atomic mass is 10.3. The number of H-pyrrole nitrogens is 1. The second kappa shape index (κ2) is 3.06. The summed E-state index contributed by atoms with van der Waals surface area (Å²) in [7, 11) is 0. The van der Waals surface area contributed by atoms with Crippen LogP contribution >= 0.6 is 12.9 Å². The van der Waals surface area contributed by atoms with Gasteiger partial charge in [0.15, 0.2) is 0 Å². The van der Waals surface area contributed by atoms with E-state index in [9.17, 15) is 4.79 Å². The van der Waals surface area contributed by atoms with Gasteiger partial charge in [-0.15, -0.1) is 0 Å². The van der Waals surface area contributed by atoms with Gasteiger partial charge in [0.25, 0.3) is 5.56 Å². The predicted octanol–water partition coefficient (Wildman–Crippen LogP) is 0.542. The van der Waals surface area contributed by atoms with E-state index in [1.165, 1.54) is 12.4 Å². The highest BCUT2D eigenvalue weighted by molar-refractivity contribution is 7.75. The molecule has 0 fully saturated rings. The molecule has 1 N–H and O–H groups in total. The number of rotatable bonds is 1. The van der Waals surface area contributed by atoms with Gasteiger partial charge in [-0.05, 0) is 6.07 Å². The summed E-state index contributed by atoms with van der Waals surface area (Å²) in [5.74, 6) is 0. The van der Waals surface area contributed by atoms with Crippen molar-refractivity contribution in [2.75, 3.05) is 0 Å². The first kappa shape index (κ1) is 8.06. The molecule has 2 rings (SSSR count). The van der Waals surface area contributed by atoms with Crippen molar-refractivity contribution < 1.29 is 4.18 Å². The normalized spacial score (nSPS) is 10.2. The van der Waals surface area contributed by atoms with E-state index in [0.29, 0.717) is 10.9 Å². The summed E-state index contributed by atoms with van der Waals surface area (Å²) in [6, 6.07) is 1.65. The van der Waals surface area contributed by atoms with Crippen LogP contribution < -0.4 is 9.74 Å². The van der Waals surface area contributed by atoms with E-state index in [4.69, 9.17) is 0 Å². The molecule has 6 heteroatoms. The third-order valence-corrected chi connectivity index (χ3v) is 1.75. The Morgan fingerprint density at radius 2 is 2.38 bits per heavy atom. The van der Waals surface area contributed by atoms with Crippen LogP contribution in [0.15, 0.2) is 23.3 Å². The van der Waals surface area contributed by atoms with Gasteiger partial charge in [0.05, 0.1) is 17.1 Å². The lowest BCUT2D eigenvalue weighted by Crippen LogP contribution is -2.08. The van der Waals surface area contributed by atoms with Gasteiger partial charge in [0.2, 0.25) is 0 Å². The smallest absolute Gasteiger partial charge is 0.309 e. The van der Waals surface area contributed by atoms with Gasteiger partial charge in [-0.3, -0.25) is 14.8 Å². The average Bonchev–Trinajstić information content (AvgIpc) is 2.18. The molecule has 2 aromatic rings. The van der Waals surface area contributed by atoms with Crippen molar-refractivity contribution in [1.82, 2.24) is 15.0 Å². The largest absolute Gasteiger partial charge is 0.394 e. The third-order valence-electron chi connectivity index (χ3n) is 1.57. The Balaban J connectivity index is 2.85. The second-order valence-electron chi connectivity index (χ2n) is 2.36. The van der Waals surface area contributed by atoms with Crippen LogP contribution in [0, 0.1) is 0 Å². The Bertz CT molecular complexity index is 496. The van der Waals surface area contributed by atoms with Crippen LogP contribution in [0.4, 0.5) is 0 Å². The molecular formula is C7H5N3O2S. The molecule has 0 aliphatic heterocycles. The first-order valence-corrected chi connectivity index (χ1v) is 3.83. The van der Waals surface area contributed by atoms with Gasteiger partial charge in [-0.2, -0.15) is 4.98 Å². The van der Waals surface area contributed by atoms with Gasteiger partial charge >= 0.3 is 6.01 Å². The van der Waals surface area contributed by atoms with Crippen molar-refractivity contribution in [2.24, 2.45) is 0 Å². The zero-order valence-electron chi connectivity index (χ0n) is 6.39. The van der Waals surface area contributed by atoms with Crippen LogP contribution in [0.5, 0.6) is 6.01 Å².